The summed E-state index contributed by atoms with van der Waals surface area (Å²) in [7, 11) is 4.00. The van der Waals surface area contributed by atoms with Crippen LogP contribution >= 0.6 is 0 Å². The molecule has 84 valence electrons. The number of likely N-dealkylation sites (N-methyl/N-ethyl adjacent to an activating group) is 1. The Labute approximate surface area is 90.5 Å². The van der Waals surface area contributed by atoms with Crippen LogP contribution in [-0.4, -0.2) is 39.0 Å². The Balaban J connectivity index is 1.94. The molecule has 1 N–H and O–H groups in total. The molecule has 0 unspecified atom stereocenters. The lowest BCUT2D eigenvalue weighted by Crippen LogP contribution is -2.36. The predicted molar refractivity (Wildman–Crippen MR) is 58.3 cm³/mol. The molecule has 1 aromatic rings. The van der Waals surface area contributed by atoms with Crippen molar-refractivity contribution in [2.45, 2.75) is 38.0 Å². The summed E-state index contributed by atoms with van der Waals surface area (Å²) in [4.78, 5) is 2.23. The van der Waals surface area contributed by atoms with Crippen molar-refractivity contribution in [1.29, 1.82) is 0 Å². The summed E-state index contributed by atoms with van der Waals surface area (Å²) < 4.78 is 1.81. The van der Waals surface area contributed by atoms with Crippen LogP contribution in [0.1, 0.15) is 24.8 Å². The summed E-state index contributed by atoms with van der Waals surface area (Å²) >= 11 is 0. The Bertz CT molecular complexity index is 323. The third-order valence-corrected chi connectivity index (χ3v) is 3.20. The fourth-order valence-corrected chi connectivity index (χ4v) is 2.39. The van der Waals surface area contributed by atoms with E-state index in [1.807, 2.05) is 24.1 Å². The zero-order valence-corrected chi connectivity index (χ0v) is 9.43. The summed E-state index contributed by atoms with van der Waals surface area (Å²) in [5, 5.41) is 13.9. The van der Waals surface area contributed by atoms with Crippen LogP contribution in [0.3, 0.4) is 0 Å². The third kappa shape index (κ3) is 2.38. The van der Waals surface area contributed by atoms with Crippen molar-refractivity contribution >= 4 is 0 Å². The molecule has 1 aliphatic rings. The SMILES string of the molecule is CN(Cc1cnn(C)c1)[C@@H]1CCC[C@H]1O. The van der Waals surface area contributed by atoms with Gasteiger partial charge in [0.25, 0.3) is 0 Å². The molecule has 4 heteroatoms. The molecule has 0 bridgehead atoms. The maximum atomic E-state index is 9.78. The van der Waals surface area contributed by atoms with Crippen LogP contribution < -0.4 is 0 Å². The highest BCUT2D eigenvalue weighted by molar-refractivity contribution is 5.04. The van der Waals surface area contributed by atoms with Crippen LogP contribution in [-0.2, 0) is 13.6 Å². The van der Waals surface area contributed by atoms with Crippen LogP contribution in [0.2, 0.25) is 0 Å². The van der Waals surface area contributed by atoms with Gasteiger partial charge in [0, 0.05) is 31.4 Å². The predicted octanol–water partition coefficient (Wildman–Crippen LogP) is 0.765. The van der Waals surface area contributed by atoms with E-state index in [4.69, 9.17) is 0 Å². The molecular formula is C11H19N3O. The van der Waals surface area contributed by atoms with E-state index in [2.05, 4.69) is 17.0 Å². The zero-order valence-electron chi connectivity index (χ0n) is 9.43. The molecule has 0 radical (unpaired) electrons. The van der Waals surface area contributed by atoms with E-state index in [1.54, 1.807) is 0 Å². The van der Waals surface area contributed by atoms with Crippen LogP contribution in [0.4, 0.5) is 0 Å². The van der Waals surface area contributed by atoms with Gasteiger partial charge in [-0.1, -0.05) is 0 Å². The Kier molecular flexibility index (Phi) is 3.07. The Morgan fingerprint density at radius 1 is 1.60 bits per heavy atom. The minimum atomic E-state index is -0.147. The first-order valence-corrected chi connectivity index (χ1v) is 5.52. The average molecular weight is 209 g/mol. The molecule has 1 aromatic heterocycles. The zero-order chi connectivity index (χ0) is 10.8. The first-order valence-electron chi connectivity index (χ1n) is 5.52. The normalized spacial score (nSPS) is 26.4. The molecular weight excluding hydrogens is 190 g/mol. The number of aliphatic hydroxyl groups excluding tert-OH is 1. The number of hydrogen-bond donors (Lipinski definition) is 1. The van der Waals surface area contributed by atoms with Crippen molar-refractivity contribution in [2.75, 3.05) is 7.05 Å². The highest BCUT2D eigenvalue weighted by Gasteiger charge is 2.28. The lowest BCUT2D eigenvalue weighted by atomic mass is 10.2. The number of aromatic nitrogens is 2. The van der Waals surface area contributed by atoms with E-state index >= 15 is 0 Å². The topological polar surface area (TPSA) is 41.3 Å². The van der Waals surface area contributed by atoms with E-state index in [0.717, 1.165) is 25.8 Å². The van der Waals surface area contributed by atoms with Gasteiger partial charge in [-0.2, -0.15) is 5.10 Å². The number of rotatable bonds is 3. The highest BCUT2D eigenvalue weighted by atomic mass is 16.3. The molecule has 0 saturated heterocycles. The largest absolute Gasteiger partial charge is 0.391 e. The smallest absolute Gasteiger partial charge is 0.0695 e. The monoisotopic (exact) mass is 209 g/mol. The second-order valence-electron chi connectivity index (χ2n) is 4.50. The van der Waals surface area contributed by atoms with Gasteiger partial charge in [0.05, 0.1) is 12.3 Å². The summed E-state index contributed by atoms with van der Waals surface area (Å²) in [6.07, 6.45) is 6.96. The van der Waals surface area contributed by atoms with Crippen molar-refractivity contribution in [3.05, 3.63) is 18.0 Å². The Morgan fingerprint density at radius 2 is 2.40 bits per heavy atom. The first-order chi connectivity index (χ1) is 7.16. The number of hydrogen-bond acceptors (Lipinski definition) is 3. The third-order valence-electron chi connectivity index (χ3n) is 3.20. The van der Waals surface area contributed by atoms with Crippen LogP contribution in [0.25, 0.3) is 0 Å². The quantitative estimate of drug-likeness (QED) is 0.799. The van der Waals surface area contributed by atoms with Gasteiger partial charge in [-0.25, -0.2) is 0 Å². The summed E-state index contributed by atoms with van der Waals surface area (Å²) in [5.74, 6) is 0. The van der Waals surface area contributed by atoms with E-state index in [0.29, 0.717) is 6.04 Å². The van der Waals surface area contributed by atoms with Crippen molar-refractivity contribution < 1.29 is 5.11 Å². The fraction of sp³-hybridized carbons (Fsp3) is 0.727. The molecule has 0 spiro atoms. The van der Waals surface area contributed by atoms with Crippen LogP contribution in [0.5, 0.6) is 0 Å². The van der Waals surface area contributed by atoms with Gasteiger partial charge in [-0.15, -0.1) is 0 Å². The molecule has 2 atom stereocenters. The minimum absolute atomic E-state index is 0.147. The van der Waals surface area contributed by atoms with Gasteiger partial charge in [0.2, 0.25) is 0 Å². The van der Waals surface area contributed by atoms with Crippen molar-refractivity contribution in [3.63, 3.8) is 0 Å². The maximum absolute atomic E-state index is 9.78. The van der Waals surface area contributed by atoms with E-state index in [-0.39, 0.29) is 6.10 Å². The second-order valence-corrected chi connectivity index (χ2v) is 4.50. The molecule has 1 aliphatic carbocycles. The summed E-state index contributed by atoms with van der Waals surface area (Å²) in [5.41, 5.74) is 1.21. The van der Waals surface area contributed by atoms with Gasteiger partial charge in [-0.05, 0) is 26.3 Å². The number of aliphatic hydroxyl groups is 1. The second kappa shape index (κ2) is 4.33. The van der Waals surface area contributed by atoms with E-state index in [9.17, 15) is 5.11 Å². The number of nitrogens with zero attached hydrogens (tertiary/aromatic N) is 3. The van der Waals surface area contributed by atoms with E-state index in [1.165, 1.54) is 5.56 Å². The molecule has 1 heterocycles. The standard InChI is InChI=1S/C11H19N3O/c1-13(10-4-3-5-11(10)15)7-9-6-12-14(2)8-9/h6,8,10-11,15H,3-5,7H2,1-2H3/t10-,11-/m1/s1. The van der Waals surface area contributed by atoms with Crippen LogP contribution in [0, 0.1) is 0 Å². The molecule has 1 saturated carbocycles. The fourth-order valence-electron chi connectivity index (χ4n) is 2.39. The van der Waals surface area contributed by atoms with Crippen molar-refractivity contribution in [3.8, 4) is 0 Å². The van der Waals surface area contributed by atoms with Crippen molar-refractivity contribution in [1.82, 2.24) is 14.7 Å². The highest BCUT2D eigenvalue weighted by Crippen LogP contribution is 2.24. The van der Waals surface area contributed by atoms with Gasteiger partial charge in [-0.3, -0.25) is 9.58 Å². The molecule has 15 heavy (non-hydrogen) atoms. The summed E-state index contributed by atoms with van der Waals surface area (Å²) in [6.45, 7) is 0.871. The van der Waals surface area contributed by atoms with E-state index < -0.39 is 0 Å². The summed E-state index contributed by atoms with van der Waals surface area (Å²) in [6, 6.07) is 0.324. The van der Waals surface area contributed by atoms with Gasteiger partial charge >= 0.3 is 0 Å². The van der Waals surface area contributed by atoms with Gasteiger partial charge in [0.15, 0.2) is 0 Å². The first kappa shape index (κ1) is 10.6. The molecule has 0 aromatic carbocycles. The molecule has 0 aliphatic heterocycles. The lowest BCUT2D eigenvalue weighted by Gasteiger charge is -2.26. The average Bonchev–Trinajstić information content (AvgIpc) is 2.75. The Morgan fingerprint density at radius 3 is 2.93 bits per heavy atom. The maximum Gasteiger partial charge on any atom is 0.0695 e. The molecule has 2 rings (SSSR count). The van der Waals surface area contributed by atoms with Gasteiger partial charge in [0.1, 0.15) is 0 Å². The number of aryl methyl sites for hydroxylation is 1. The molecule has 4 nitrogen and oxygen atoms in total. The molecule has 1 fully saturated rings. The lowest BCUT2D eigenvalue weighted by molar-refractivity contribution is 0.0825. The Hall–Kier alpha value is -0.870. The van der Waals surface area contributed by atoms with Gasteiger partial charge < -0.3 is 5.11 Å². The molecule has 0 amide bonds. The van der Waals surface area contributed by atoms with Crippen molar-refractivity contribution in [2.24, 2.45) is 7.05 Å². The minimum Gasteiger partial charge on any atom is -0.391 e. The van der Waals surface area contributed by atoms with Crippen LogP contribution in [0.15, 0.2) is 12.4 Å².